The Labute approximate surface area is 204 Å². The SMILES string of the molecule is COc1cccc([C@@H]2c3[nH]c4ccccc4c3C[C@H]3C(=O)N(CC[NH+]4CCOCC4)CC(=O)N23)c1. The maximum absolute atomic E-state index is 13.8. The molecule has 2 fully saturated rings. The maximum Gasteiger partial charge on any atom is 0.246 e. The Bertz CT molecular complexity index is 1270. The lowest BCUT2D eigenvalue weighted by Crippen LogP contribution is -3.14. The molecule has 8 heteroatoms. The number of benzene rings is 2. The first-order valence-electron chi connectivity index (χ1n) is 12.4. The highest BCUT2D eigenvalue weighted by atomic mass is 16.5. The van der Waals surface area contributed by atoms with Crippen molar-refractivity contribution in [3.05, 3.63) is 65.4 Å². The lowest BCUT2D eigenvalue weighted by atomic mass is 9.86. The zero-order chi connectivity index (χ0) is 23.9. The molecule has 3 aliphatic heterocycles. The molecule has 2 atom stereocenters. The summed E-state index contributed by atoms with van der Waals surface area (Å²) in [6.45, 7) is 4.95. The molecule has 3 aromatic rings. The number of carbonyl (C=O) groups is 2. The summed E-state index contributed by atoms with van der Waals surface area (Å²) in [6.07, 6.45) is 0.519. The average Bonchev–Trinajstić information content (AvgIpc) is 3.27. The van der Waals surface area contributed by atoms with Crippen LogP contribution >= 0.6 is 0 Å². The standard InChI is InChI=1S/C27H30N4O4/c1-34-19-6-4-5-18(15-19)26-25-21(20-7-2-3-8-22(20)28-25)16-23-27(33)30(17-24(32)31(23)26)10-9-29-11-13-35-14-12-29/h2-8,15,23,26,28H,9-14,16-17H2,1H3/p+1/t23-,26+/m0/s1. The van der Waals surface area contributed by atoms with Crippen LogP contribution in [0.1, 0.15) is 22.9 Å². The molecular weight excluding hydrogens is 444 g/mol. The summed E-state index contributed by atoms with van der Waals surface area (Å²) >= 11 is 0. The number of hydrogen-bond donors (Lipinski definition) is 2. The summed E-state index contributed by atoms with van der Waals surface area (Å²) in [6, 6.07) is 15.1. The fourth-order valence-corrected chi connectivity index (χ4v) is 5.87. The lowest BCUT2D eigenvalue weighted by Gasteiger charge is -2.47. The van der Waals surface area contributed by atoms with Crippen LogP contribution < -0.4 is 9.64 Å². The van der Waals surface area contributed by atoms with Gasteiger partial charge in [0.2, 0.25) is 11.8 Å². The largest absolute Gasteiger partial charge is 0.497 e. The molecule has 182 valence electrons. The van der Waals surface area contributed by atoms with Gasteiger partial charge in [-0.1, -0.05) is 30.3 Å². The molecular formula is C27H31N4O4+. The highest BCUT2D eigenvalue weighted by molar-refractivity contribution is 5.97. The number of aromatic nitrogens is 1. The first kappa shape index (κ1) is 22.1. The Morgan fingerprint density at radius 3 is 2.77 bits per heavy atom. The number of H-pyrrole nitrogens is 1. The lowest BCUT2D eigenvalue weighted by molar-refractivity contribution is -0.907. The number of hydrogen-bond acceptors (Lipinski definition) is 4. The summed E-state index contributed by atoms with van der Waals surface area (Å²) in [5.41, 5.74) is 4.08. The fourth-order valence-electron chi connectivity index (χ4n) is 5.87. The number of nitrogens with one attached hydrogen (secondary N) is 2. The van der Waals surface area contributed by atoms with E-state index in [2.05, 4.69) is 17.1 Å². The predicted molar refractivity (Wildman–Crippen MR) is 130 cm³/mol. The van der Waals surface area contributed by atoms with Crippen molar-refractivity contribution >= 4 is 22.7 Å². The summed E-state index contributed by atoms with van der Waals surface area (Å²) in [5, 5.41) is 1.12. The maximum atomic E-state index is 13.8. The van der Waals surface area contributed by atoms with Gasteiger partial charge in [0.15, 0.2) is 0 Å². The third-order valence-electron chi connectivity index (χ3n) is 7.69. The molecule has 0 bridgehead atoms. The van der Waals surface area contributed by atoms with Gasteiger partial charge in [0.1, 0.15) is 31.4 Å². The molecule has 4 heterocycles. The van der Waals surface area contributed by atoms with Crippen LogP contribution in [0.3, 0.4) is 0 Å². The van der Waals surface area contributed by atoms with Crippen LogP contribution in [0.4, 0.5) is 0 Å². The fraction of sp³-hybridized carbons (Fsp3) is 0.407. The van der Waals surface area contributed by atoms with E-state index >= 15 is 0 Å². The van der Waals surface area contributed by atoms with E-state index in [1.54, 1.807) is 12.0 Å². The Hall–Kier alpha value is -3.36. The number of aromatic amines is 1. The minimum Gasteiger partial charge on any atom is -0.497 e. The highest BCUT2D eigenvalue weighted by Crippen LogP contribution is 2.43. The van der Waals surface area contributed by atoms with Crippen molar-refractivity contribution in [2.45, 2.75) is 18.5 Å². The van der Waals surface area contributed by atoms with Gasteiger partial charge in [-0.3, -0.25) is 9.59 Å². The molecule has 3 aliphatic rings. The van der Waals surface area contributed by atoms with Crippen molar-refractivity contribution in [1.29, 1.82) is 0 Å². The van der Waals surface area contributed by atoms with Crippen molar-refractivity contribution in [2.75, 3.05) is 53.0 Å². The van der Waals surface area contributed by atoms with Crippen LogP contribution in [0.25, 0.3) is 10.9 Å². The third kappa shape index (κ3) is 3.86. The van der Waals surface area contributed by atoms with Gasteiger partial charge in [-0.05, 0) is 29.3 Å². The van der Waals surface area contributed by atoms with Crippen LogP contribution in [-0.2, 0) is 20.7 Å². The molecule has 2 amide bonds. The van der Waals surface area contributed by atoms with E-state index in [4.69, 9.17) is 9.47 Å². The Morgan fingerprint density at radius 2 is 1.94 bits per heavy atom. The van der Waals surface area contributed by atoms with Crippen molar-refractivity contribution < 1.29 is 24.0 Å². The number of piperazine rings is 1. The Kier molecular flexibility index (Phi) is 5.70. The first-order valence-corrected chi connectivity index (χ1v) is 12.4. The van der Waals surface area contributed by atoms with E-state index in [-0.39, 0.29) is 24.4 Å². The highest BCUT2D eigenvalue weighted by Gasteiger charge is 2.48. The van der Waals surface area contributed by atoms with E-state index in [1.165, 1.54) is 4.90 Å². The van der Waals surface area contributed by atoms with Crippen LogP contribution in [0, 0.1) is 0 Å². The Morgan fingerprint density at radius 1 is 1.11 bits per heavy atom. The van der Waals surface area contributed by atoms with E-state index in [0.29, 0.717) is 13.0 Å². The number of fused-ring (bicyclic) bond motifs is 4. The second-order valence-corrected chi connectivity index (χ2v) is 9.64. The van der Waals surface area contributed by atoms with E-state index in [0.717, 1.165) is 66.3 Å². The zero-order valence-electron chi connectivity index (χ0n) is 20.0. The van der Waals surface area contributed by atoms with Gasteiger partial charge in [0, 0.05) is 23.0 Å². The minimum absolute atomic E-state index is 0.0105. The summed E-state index contributed by atoms with van der Waals surface area (Å²) in [7, 11) is 1.64. The third-order valence-corrected chi connectivity index (χ3v) is 7.69. The predicted octanol–water partition coefficient (Wildman–Crippen LogP) is 0.777. The van der Waals surface area contributed by atoms with Crippen LogP contribution in [0.5, 0.6) is 5.75 Å². The average molecular weight is 476 g/mol. The smallest absolute Gasteiger partial charge is 0.246 e. The number of ether oxygens (including phenoxy) is 2. The zero-order valence-corrected chi connectivity index (χ0v) is 20.0. The van der Waals surface area contributed by atoms with Crippen LogP contribution in [-0.4, -0.2) is 85.7 Å². The van der Waals surface area contributed by atoms with Crippen LogP contribution in [0.15, 0.2) is 48.5 Å². The summed E-state index contributed by atoms with van der Waals surface area (Å²) in [5.74, 6) is 0.762. The van der Waals surface area contributed by atoms with Crippen molar-refractivity contribution in [1.82, 2.24) is 14.8 Å². The van der Waals surface area contributed by atoms with Crippen LogP contribution in [0.2, 0.25) is 0 Å². The molecule has 0 aliphatic carbocycles. The molecule has 0 spiro atoms. The minimum atomic E-state index is -0.515. The topological polar surface area (TPSA) is 79.3 Å². The number of nitrogens with zero attached hydrogens (tertiary/aromatic N) is 2. The molecule has 0 unspecified atom stereocenters. The quantitative estimate of drug-likeness (QED) is 0.572. The molecule has 2 aromatic carbocycles. The van der Waals surface area contributed by atoms with Gasteiger partial charge in [-0.25, -0.2) is 0 Å². The van der Waals surface area contributed by atoms with Gasteiger partial charge in [-0.2, -0.15) is 0 Å². The first-order chi connectivity index (χ1) is 17.1. The monoisotopic (exact) mass is 475 g/mol. The molecule has 0 radical (unpaired) electrons. The molecule has 2 saturated heterocycles. The number of rotatable bonds is 5. The number of morpholine rings is 1. The second-order valence-electron chi connectivity index (χ2n) is 9.64. The van der Waals surface area contributed by atoms with Crippen molar-refractivity contribution in [3.8, 4) is 5.75 Å². The summed E-state index contributed by atoms with van der Waals surface area (Å²) in [4.78, 5) is 36.1. The number of quaternary nitrogens is 1. The molecule has 2 N–H and O–H groups in total. The summed E-state index contributed by atoms with van der Waals surface area (Å²) < 4.78 is 10.9. The normalized spacial score (nSPS) is 22.9. The molecule has 0 saturated carbocycles. The molecule has 35 heavy (non-hydrogen) atoms. The van der Waals surface area contributed by atoms with E-state index in [9.17, 15) is 9.59 Å². The molecule has 1 aromatic heterocycles. The Balaban J connectivity index is 1.38. The van der Waals surface area contributed by atoms with Gasteiger partial charge >= 0.3 is 0 Å². The number of amides is 2. The molecule has 6 rings (SSSR count). The number of carbonyl (C=O) groups excluding carboxylic acids is 2. The van der Waals surface area contributed by atoms with E-state index < -0.39 is 6.04 Å². The van der Waals surface area contributed by atoms with E-state index in [1.807, 2.05) is 41.3 Å². The van der Waals surface area contributed by atoms with Gasteiger partial charge in [0.25, 0.3) is 0 Å². The van der Waals surface area contributed by atoms with Gasteiger partial charge in [-0.15, -0.1) is 0 Å². The van der Waals surface area contributed by atoms with Gasteiger partial charge < -0.3 is 29.2 Å². The second kappa shape index (κ2) is 9.02. The van der Waals surface area contributed by atoms with Gasteiger partial charge in [0.05, 0.1) is 39.5 Å². The van der Waals surface area contributed by atoms with Crippen molar-refractivity contribution in [2.24, 2.45) is 0 Å². The molecule has 8 nitrogen and oxygen atoms in total. The van der Waals surface area contributed by atoms with Crippen molar-refractivity contribution in [3.63, 3.8) is 0 Å². The number of para-hydroxylation sites is 1. The number of methoxy groups -OCH3 is 1.